The van der Waals surface area contributed by atoms with Gasteiger partial charge in [-0.1, -0.05) is 24.3 Å². The summed E-state index contributed by atoms with van der Waals surface area (Å²) < 4.78 is 19.4. The number of hydrogen-bond donors (Lipinski definition) is 1. The van der Waals surface area contributed by atoms with Crippen molar-refractivity contribution in [1.82, 2.24) is 0 Å². The maximum atomic E-state index is 13.8. The second kappa shape index (κ2) is 6.92. The van der Waals surface area contributed by atoms with Crippen LogP contribution in [0.5, 0.6) is 0 Å². The van der Waals surface area contributed by atoms with Gasteiger partial charge in [0.1, 0.15) is 5.82 Å². The molecule has 2 nitrogen and oxygen atoms in total. The van der Waals surface area contributed by atoms with Gasteiger partial charge in [-0.05, 0) is 43.7 Å². The largest absolute Gasteiger partial charge is 0.375 e. The van der Waals surface area contributed by atoms with Crippen LogP contribution in [0.2, 0.25) is 0 Å². The smallest absolute Gasteiger partial charge is 0.146 e. The highest BCUT2D eigenvalue weighted by atomic mass is 35.5. The molecule has 0 aliphatic rings. The highest BCUT2D eigenvalue weighted by Gasteiger charge is 2.13. The number of benzene rings is 2. The van der Waals surface area contributed by atoms with E-state index in [4.69, 9.17) is 16.3 Å². The molecule has 2 aromatic carbocycles. The zero-order valence-electron chi connectivity index (χ0n) is 12.2. The molecule has 112 valence electrons. The predicted molar refractivity (Wildman–Crippen MR) is 85.7 cm³/mol. The van der Waals surface area contributed by atoms with E-state index in [-0.39, 0.29) is 5.82 Å². The van der Waals surface area contributed by atoms with Gasteiger partial charge in [0.25, 0.3) is 0 Å². The van der Waals surface area contributed by atoms with Gasteiger partial charge in [-0.3, -0.25) is 0 Å². The monoisotopic (exact) mass is 307 g/mol. The summed E-state index contributed by atoms with van der Waals surface area (Å²) in [5, 5.41) is 3.06. The van der Waals surface area contributed by atoms with Crippen LogP contribution in [0.15, 0.2) is 48.5 Å². The van der Waals surface area contributed by atoms with Gasteiger partial charge in [0.15, 0.2) is 0 Å². The zero-order chi connectivity index (χ0) is 15.3. The Balaban J connectivity index is 2.03. The van der Waals surface area contributed by atoms with Crippen LogP contribution in [-0.4, -0.2) is 11.5 Å². The fourth-order valence-electron chi connectivity index (χ4n) is 1.85. The minimum atomic E-state index is -0.398. The van der Waals surface area contributed by atoms with Crippen molar-refractivity contribution in [1.29, 1.82) is 0 Å². The number of para-hydroxylation sites is 1. The Bertz CT molecular complexity index is 581. The third-order valence-electron chi connectivity index (χ3n) is 2.80. The number of alkyl halides is 1. The number of ether oxygens (including phenoxy) is 1. The van der Waals surface area contributed by atoms with Gasteiger partial charge >= 0.3 is 0 Å². The standard InChI is InChI=1S/C17H19ClFNO/c1-17(2,18)12-21-11-13-8-9-15(19)16(10-13)20-14-6-4-3-5-7-14/h3-10,20H,11-12H2,1-2H3. The third-order valence-corrected chi connectivity index (χ3v) is 2.91. The molecule has 0 radical (unpaired) electrons. The minimum absolute atomic E-state index is 0.291. The van der Waals surface area contributed by atoms with Gasteiger partial charge in [-0.25, -0.2) is 4.39 Å². The Kier molecular flexibility index (Phi) is 5.21. The fraction of sp³-hybridized carbons (Fsp3) is 0.294. The van der Waals surface area contributed by atoms with Gasteiger partial charge in [-0.15, -0.1) is 11.6 Å². The molecular formula is C17H19ClFNO. The first-order valence-electron chi connectivity index (χ1n) is 6.81. The Labute approximate surface area is 129 Å². The summed E-state index contributed by atoms with van der Waals surface area (Å²) in [6.07, 6.45) is 0. The molecule has 0 heterocycles. The fourth-order valence-corrected chi connectivity index (χ4v) is 1.92. The van der Waals surface area contributed by atoms with Gasteiger partial charge < -0.3 is 10.1 Å². The summed E-state index contributed by atoms with van der Waals surface area (Å²) in [5.74, 6) is -0.291. The molecule has 0 spiro atoms. The van der Waals surface area contributed by atoms with Crippen LogP contribution >= 0.6 is 11.6 Å². The molecule has 2 aromatic rings. The molecule has 4 heteroatoms. The van der Waals surface area contributed by atoms with Crippen molar-refractivity contribution in [2.24, 2.45) is 0 Å². The lowest BCUT2D eigenvalue weighted by Gasteiger charge is -2.16. The summed E-state index contributed by atoms with van der Waals surface area (Å²) in [6, 6.07) is 14.4. The van der Waals surface area contributed by atoms with E-state index in [9.17, 15) is 4.39 Å². The van der Waals surface area contributed by atoms with Crippen molar-refractivity contribution >= 4 is 23.0 Å². The number of rotatable bonds is 6. The Hall–Kier alpha value is -1.58. The molecule has 0 bridgehead atoms. The first-order valence-corrected chi connectivity index (χ1v) is 7.19. The average Bonchev–Trinajstić information content (AvgIpc) is 2.42. The third kappa shape index (κ3) is 5.37. The molecule has 2 rings (SSSR count). The SMILES string of the molecule is CC(C)(Cl)COCc1ccc(F)c(Nc2ccccc2)c1. The van der Waals surface area contributed by atoms with Gasteiger partial charge in [-0.2, -0.15) is 0 Å². The van der Waals surface area contributed by atoms with Crippen LogP contribution in [0.25, 0.3) is 0 Å². The van der Waals surface area contributed by atoms with Gasteiger partial charge in [0.05, 0.1) is 23.8 Å². The summed E-state index contributed by atoms with van der Waals surface area (Å²) in [7, 11) is 0. The van der Waals surface area contributed by atoms with Crippen LogP contribution < -0.4 is 5.32 Å². The van der Waals surface area contributed by atoms with E-state index >= 15 is 0 Å². The Morgan fingerprint density at radius 3 is 2.52 bits per heavy atom. The molecule has 0 aliphatic heterocycles. The molecule has 0 aromatic heterocycles. The summed E-state index contributed by atoms with van der Waals surface area (Å²) >= 11 is 6.07. The molecule has 0 aliphatic carbocycles. The van der Waals surface area contributed by atoms with Crippen molar-refractivity contribution in [3.63, 3.8) is 0 Å². The van der Waals surface area contributed by atoms with E-state index in [0.717, 1.165) is 11.3 Å². The first kappa shape index (κ1) is 15.8. The Morgan fingerprint density at radius 1 is 1.14 bits per heavy atom. The zero-order valence-corrected chi connectivity index (χ0v) is 13.0. The summed E-state index contributed by atoms with van der Waals surface area (Å²) in [4.78, 5) is -0.398. The van der Waals surface area contributed by atoms with Crippen molar-refractivity contribution in [3.8, 4) is 0 Å². The van der Waals surface area contributed by atoms with E-state index in [1.807, 2.05) is 44.2 Å². The average molecular weight is 308 g/mol. The van der Waals surface area contributed by atoms with Crippen LogP contribution in [-0.2, 0) is 11.3 Å². The summed E-state index contributed by atoms with van der Waals surface area (Å²) in [6.45, 7) is 4.62. The molecule has 0 atom stereocenters. The van der Waals surface area contributed by atoms with Crippen LogP contribution in [0.3, 0.4) is 0 Å². The minimum Gasteiger partial charge on any atom is -0.375 e. The van der Waals surface area contributed by atoms with E-state index in [1.165, 1.54) is 6.07 Å². The maximum Gasteiger partial charge on any atom is 0.146 e. The van der Waals surface area contributed by atoms with Crippen molar-refractivity contribution < 1.29 is 9.13 Å². The maximum absolute atomic E-state index is 13.8. The molecular weight excluding hydrogens is 289 g/mol. The molecule has 21 heavy (non-hydrogen) atoms. The van der Waals surface area contributed by atoms with E-state index < -0.39 is 4.87 Å². The lowest BCUT2D eigenvalue weighted by atomic mass is 10.2. The quantitative estimate of drug-likeness (QED) is 0.749. The van der Waals surface area contributed by atoms with Gasteiger partial charge in [0.2, 0.25) is 0 Å². The molecule has 0 saturated heterocycles. The van der Waals surface area contributed by atoms with Crippen molar-refractivity contribution in [2.45, 2.75) is 25.3 Å². The molecule has 0 saturated carbocycles. The molecule has 0 amide bonds. The number of hydrogen-bond acceptors (Lipinski definition) is 2. The van der Waals surface area contributed by atoms with E-state index in [1.54, 1.807) is 12.1 Å². The predicted octanol–water partition coefficient (Wildman–Crippen LogP) is 5.10. The van der Waals surface area contributed by atoms with Crippen molar-refractivity contribution in [3.05, 3.63) is 59.9 Å². The van der Waals surface area contributed by atoms with E-state index in [0.29, 0.717) is 18.9 Å². The van der Waals surface area contributed by atoms with Crippen molar-refractivity contribution in [2.75, 3.05) is 11.9 Å². The second-order valence-electron chi connectivity index (χ2n) is 5.52. The van der Waals surface area contributed by atoms with Crippen LogP contribution in [0, 0.1) is 5.82 Å². The highest BCUT2D eigenvalue weighted by molar-refractivity contribution is 6.23. The number of anilines is 2. The van der Waals surface area contributed by atoms with Gasteiger partial charge in [0, 0.05) is 5.69 Å². The van der Waals surface area contributed by atoms with E-state index in [2.05, 4.69) is 5.32 Å². The lowest BCUT2D eigenvalue weighted by Crippen LogP contribution is -2.18. The lowest BCUT2D eigenvalue weighted by molar-refractivity contribution is 0.105. The molecule has 0 unspecified atom stereocenters. The topological polar surface area (TPSA) is 21.3 Å². The van der Waals surface area contributed by atoms with Crippen LogP contribution in [0.4, 0.5) is 15.8 Å². The second-order valence-corrected chi connectivity index (χ2v) is 6.54. The molecule has 0 fully saturated rings. The highest BCUT2D eigenvalue weighted by Crippen LogP contribution is 2.22. The normalized spacial score (nSPS) is 11.4. The molecule has 1 N–H and O–H groups in total. The van der Waals surface area contributed by atoms with Crippen LogP contribution in [0.1, 0.15) is 19.4 Å². The first-order chi connectivity index (χ1) is 9.94. The summed E-state index contributed by atoms with van der Waals surface area (Å²) in [5.41, 5.74) is 2.18. The number of halogens is 2. The number of nitrogens with one attached hydrogen (secondary N) is 1. The Morgan fingerprint density at radius 2 is 1.86 bits per heavy atom.